The molecular weight excluding hydrogens is 216 g/mol. The van der Waals surface area contributed by atoms with Crippen LogP contribution in [0.5, 0.6) is 0 Å². The number of alkyl halides is 2. The highest BCUT2D eigenvalue weighted by molar-refractivity contribution is 6.29. The van der Waals surface area contributed by atoms with Crippen LogP contribution in [0.1, 0.15) is 0 Å². The van der Waals surface area contributed by atoms with Gasteiger partial charge in [-0.15, -0.1) is 0 Å². The fraction of sp³-hybridized carbons (Fsp3) is 0.429. The van der Waals surface area contributed by atoms with Gasteiger partial charge in [0.2, 0.25) is 0 Å². The standard InChI is InChI=1S/C7H8ClF2N3O/c8-5-1-6(13-4-12-5)11-2-7(9,10)3-14/h1,4,14H,2-3H2,(H,11,12,13). The number of aliphatic hydroxyl groups is 1. The van der Waals surface area contributed by atoms with Gasteiger partial charge < -0.3 is 10.4 Å². The summed E-state index contributed by atoms with van der Waals surface area (Å²) in [5.41, 5.74) is 0. The molecule has 0 aliphatic rings. The van der Waals surface area contributed by atoms with Gasteiger partial charge in [0.1, 0.15) is 23.9 Å². The summed E-state index contributed by atoms with van der Waals surface area (Å²) in [7, 11) is 0. The van der Waals surface area contributed by atoms with Crippen LogP contribution in [0.2, 0.25) is 5.15 Å². The molecule has 0 radical (unpaired) electrons. The minimum atomic E-state index is -3.17. The first-order valence-electron chi connectivity index (χ1n) is 3.73. The number of rotatable bonds is 4. The van der Waals surface area contributed by atoms with Crippen LogP contribution in [-0.4, -0.2) is 34.1 Å². The van der Waals surface area contributed by atoms with Crippen molar-refractivity contribution in [1.29, 1.82) is 0 Å². The molecule has 0 saturated heterocycles. The van der Waals surface area contributed by atoms with Crippen LogP contribution in [0.15, 0.2) is 12.4 Å². The minimum absolute atomic E-state index is 0.162. The molecule has 0 unspecified atom stereocenters. The number of hydrogen-bond donors (Lipinski definition) is 2. The van der Waals surface area contributed by atoms with E-state index in [1.807, 2.05) is 0 Å². The second-order valence-electron chi connectivity index (χ2n) is 2.59. The lowest BCUT2D eigenvalue weighted by Gasteiger charge is -2.13. The number of halogens is 3. The maximum atomic E-state index is 12.6. The Morgan fingerprint density at radius 2 is 2.21 bits per heavy atom. The first-order valence-corrected chi connectivity index (χ1v) is 4.11. The highest BCUT2D eigenvalue weighted by Crippen LogP contribution is 2.14. The molecule has 1 aromatic heterocycles. The Morgan fingerprint density at radius 1 is 1.50 bits per heavy atom. The quantitative estimate of drug-likeness (QED) is 0.753. The summed E-state index contributed by atoms with van der Waals surface area (Å²) < 4.78 is 25.1. The molecule has 1 aromatic rings. The Morgan fingerprint density at radius 3 is 2.79 bits per heavy atom. The fourth-order valence-corrected chi connectivity index (χ4v) is 0.853. The van der Waals surface area contributed by atoms with Gasteiger partial charge in [-0.2, -0.15) is 0 Å². The average Bonchev–Trinajstić information content (AvgIpc) is 2.15. The molecule has 78 valence electrons. The number of nitrogens with one attached hydrogen (secondary N) is 1. The molecule has 14 heavy (non-hydrogen) atoms. The first kappa shape index (κ1) is 11.1. The topological polar surface area (TPSA) is 58.0 Å². The van der Waals surface area contributed by atoms with Crippen LogP contribution < -0.4 is 5.32 Å². The monoisotopic (exact) mass is 223 g/mol. The summed E-state index contributed by atoms with van der Waals surface area (Å²) in [5, 5.41) is 10.8. The molecule has 0 bridgehead atoms. The number of hydrogen-bond acceptors (Lipinski definition) is 4. The van der Waals surface area contributed by atoms with Crippen molar-refractivity contribution in [2.45, 2.75) is 5.92 Å². The molecule has 0 saturated carbocycles. The SMILES string of the molecule is OCC(F)(F)CNc1cc(Cl)ncn1. The summed E-state index contributed by atoms with van der Waals surface area (Å²) in [4.78, 5) is 7.24. The lowest BCUT2D eigenvalue weighted by molar-refractivity contribution is -0.0373. The summed E-state index contributed by atoms with van der Waals surface area (Å²) >= 11 is 5.50. The predicted molar refractivity (Wildman–Crippen MR) is 47.6 cm³/mol. The van der Waals surface area contributed by atoms with E-state index in [-0.39, 0.29) is 11.0 Å². The molecule has 2 N–H and O–H groups in total. The third-order valence-electron chi connectivity index (χ3n) is 1.39. The molecule has 0 aromatic carbocycles. The van der Waals surface area contributed by atoms with Crippen molar-refractivity contribution in [2.24, 2.45) is 0 Å². The van der Waals surface area contributed by atoms with Gasteiger partial charge in [-0.25, -0.2) is 18.7 Å². The van der Waals surface area contributed by atoms with Gasteiger partial charge in [0.25, 0.3) is 5.92 Å². The molecule has 0 aliphatic carbocycles. The molecule has 0 aliphatic heterocycles. The van der Waals surface area contributed by atoms with Gasteiger partial charge in [0, 0.05) is 6.07 Å². The van der Waals surface area contributed by atoms with E-state index in [0.29, 0.717) is 0 Å². The van der Waals surface area contributed by atoms with Crippen LogP contribution in [0.3, 0.4) is 0 Å². The lowest BCUT2D eigenvalue weighted by atomic mass is 10.3. The number of nitrogens with zero attached hydrogens (tertiary/aromatic N) is 2. The number of aliphatic hydroxyl groups excluding tert-OH is 1. The van der Waals surface area contributed by atoms with Crippen LogP contribution in [-0.2, 0) is 0 Å². The Bertz CT molecular complexity index is 311. The number of anilines is 1. The predicted octanol–water partition coefficient (Wildman–Crippen LogP) is 1.17. The Kier molecular flexibility index (Phi) is 3.54. The third-order valence-corrected chi connectivity index (χ3v) is 1.60. The summed E-state index contributed by atoms with van der Waals surface area (Å²) in [6.45, 7) is -1.91. The van der Waals surface area contributed by atoms with E-state index in [4.69, 9.17) is 16.7 Å². The van der Waals surface area contributed by atoms with E-state index in [0.717, 1.165) is 6.33 Å². The van der Waals surface area contributed by atoms with E-state index >= 15 is 0 Å². The van der Waals surface area contributed by atoms with Crippen LogP contribution in [0.25, 0.3) is 0 Å². The normalized spacial score (nSPS) is 11.4. The highest BCUT2D eigenvalue weighted by Gasteiger charge is 2.27. The Balaban J connectivity index is 2.54. The average molecular weight is 224 g/mol. The molecule has 4 nitrogen and oxygen atoms in total. The van der Waals surface area contributed by atoms with Crippen molar-refractivity contribution in [3.8, 4) is 0 Å². The van der Waals surface area contributed by atoms with Gasteiger partial charge in [-0.3, -0.25) is 0 Å². The van der Waals surface area contributed by atoms with Gasteiger partial charge in [-0.05, 0) is 0 Å². The van der Waals surface area contributed by atoms with Gasteiger partial charge in [-0.1, -0.05) is 11.6 Å². The molecule has 0 fully saturated rings. The zero-order valence-corrected chi connectivity index (χ0v) is 7.80. The first-order chi connectivity index (χ1) is 6.53. The summed E-state index contributed by atoms with van der Waals surface area (Å²) in [5.74, 6) is -2.98. The van der Waals surface area contributed by atoms with Crippen molar-refractivity contribution >= 4 is 17.4 Å². The van der Waals surface area contributed by atoms with Gasteiger partial charge in [0.15, 0.2) is 0 Å². The van der Waals surface area contributed by atoms with Crippen molar-refractivity contribution in [3.63, 3.8) is 0 Å². The smallest absolute Gasteiger partial charge is 0.287 e. The van der Waals surface area contributed by atoms with E-state index in [1.54, 1.807) is 0 Å². The second-order valence-corrected chi connectivity index (χ2v) is 2.98. The largest absolute Gasteiger partial charge is 0.390 e. The molecule has 1 heterocycles. The van der Waals surface area contributed by atoms with Crippen molar-refractivity contribution < 1.29 is 13.9 Å². The molecule has 1 rings (SSSR count). The zero-order chi connectivity index (χ0) is 10.6. The molecule has 0 amide bonds. The maximum absolute atomic E-state index is 12.6. The number of aromatic nitrogens is 2. The third kappa shape index (κ3) is 3.39. The lowest BCUT2D eigenvalue weighted by Crippen LogP contribution is -2.31. The summed E-state index contributed by atoms with van der Waals surface area (Å²) in [6, 6.07) is 1.31. The zero-order valence-electron chi connectivity index (χ0n) is 7.04. The van der Waals surface area contributed by atoms with Crippen molar-refractivity contribution in [3.05, 3.63) is 17.5 Å². The fourth-order valence-electron chi connectivity index (χ4n) is 0.706. The van der Waals surface area contributed by atoms with Crippen molar-refractivity contribution in [1.82, 2.24) is 9.97 Å². The van der Waals surface area contributed by atoms with Crippen molar-refractivity contribution in [2.75, 3.05) is 18.5 Å². The van der Waals surface area contributed by atoms with Crippen LogP contribution in [0, 0.1) is 0 Å². The van der Waals surface area contributed by atoms with E-state index in [9.17, 15) is 8.78 Å². The van der Waals surface area contributed by atoms with E-state index in [1.165, 1.54) is 6.07 Å². The van der Waals surface area contributed by atoms with Gasteiger partial charge >= 0.3 is 0 Å². The molecule has 7 heteroatoms. The van der Waals surface area contributed by atoms with E-state index < -0.39 is 19.1 Å². The van der Waals surface area contributed by atoms with Gasteiger partial charge in [0.05, 0.1) is 6.54 Å². The highest BCUT2D eigenvalue weighted by atomic mass is 35.5. The summed E-state index contributed by atoms with van der Waals surface area (Å²) in [6.07, 6.45) is 1.15. The van der Waals surface area contributed by atoms with Crippen LogP contribution >= 0.6 is 11.6 Å². The molecule has 0 spiro atoms. The van der Waals surface area contributed by atoms with Crippen LogP contribution in [0.4, 0.5) is 14.6 Å². The Labute approximate surface area is 83.9 Å². The molecule has 0 atom stereocenters. The minimum Gasteiger partial charge on any atom is -0.390 e. The molecular formula is C7H8ClF2N3O. The van der Waals surface area contributed by atoms with E-state index in [2.05, 4.69) is 15.3 Å². The maximum Gasteiger partial charge on any atom is 0.287 e. The second kappa shape index (κ2) is 4.47. The Hall–Kier alpha value is -1.01.